The molecular weight excluding hydrogens is 232 g/mol. The Hall–Kier alpha value is -2.06. The molecule has 5 heteroatoms. The normalized spacial score (nSPS) is 9.88. The number of aryl methyl sites for hydroxylation is 1. The van der Waals surface area contributed by atoms with E-state index in [-0.39, 0.29) is 0 Å². The van der Waals surface area contributed by atoms with Crippen LogP contribution in [0.1, 0.15) is 11.1 Å². The number of hydrogen-bond acceptors (Lipinski definition) is 5. The molecular formula is C12H10N4S. The molecule has 2 aromatic rings. The van der Waals surface area contributed by atoms with Crippen LogP contribution in [0.3, 0.4) is 0 Å². The highest BCUT2D eigenvalue weighted by molar-refractivity contribution is 7.99. The summed E-state index contributed by atoms with van der Waals surface area (Å²) in [6.45, 7) is 1.93. The zero-order chi connectivity index (χ0) is 12.3. The van der Waals surface area contributed by atoms with Crippen LogP contribution in [-0.4, -0.2) is 9.97 Å². The molecule has 1 heterocycles. The van der Waals surface area contributed by atoms with Gasteiger partial charge < -0.3 is 5.73 Å². The summed E-state index contributed by atoms with van der Waals surface area (Å²) in [6.07, 6.45) is 3.50. The lowest BCUT2D eigenvalue weighted by Gasteiger charge is -2.03. The number of nitrogen functional groups attached to an aromatic ring is 1. The predicted octanol–water partition coefficient (Wildman–Crippen LogP) is 2.39. The minimum atomic E-state index is 0.541. The molecule has 17 heavy (non-hydrogen) atoms. The van der Waals surface area contributed by atoms with Gasteiger partial charge in [0, 0.05) is 23.0 Å². The Bertz CT molecular complexity index is 572. The molecule has 0 fully saturated rings. The van der Waals surface area contributed by atoms with E-state index in [1.54, 1.807) is 24.5 Å². The molecule has 0 unspecified atom stereocenters. The van der Waals surface area contributed by atoms with E-state index in [0.29, 0.717) is 16.4 Å². The first-order chi connectivity index (χ1) is 8.19. The fourth-order valence-electron chi connectivity index (χ4n) is 1.26. The fourth-order valence-corrected chi connectivity index (χ4v) is 2.01. The van der Waals surface area contributed by atoms with Gasteiger partial charge in [-0.3, -0.25) is 0 Å². The highest BCUT2D eigenvalue weighted by Gasteiger charge is 2.06. The van der Waals surface area contributed by atoms with Crippen molar-refractivity contribution in [2.45, 2.75) is 17.0 Å². The van der Waals surface area contributed by atoms with E-state index in [1.165, 1.54) is 11.8 Å². The third-order valence-electron chi connectivity index (χ3n) is 2.08. The van der Waals surface area contributed by atoms with Gasteiger partial charge in [0.1, 0.15) is 6.07 Å². The van der Waals surface area contributed by atoms with Crippen LogP contribution >= 0.6 is 11.8 Å². The summed E-state index contributed by atoms with van der Waals surface area (Å²) in [7, 11) is 0. The van der Waals surface area contributed by atoms with Crippen molar-refractivity contribution in [1.82, 2.24) is 9.97 Å². The number of nitriles is 1. The standard InChI is InChI=1S/C12H10N4S/c1-8-6-15-12(16-7-8)17-11-3-2-10(14)4-9(11)5-13/h2-4,6-7H,14H2,1H3. The molecule has 0 radical (unpaired) electrons. The Morgan fingerprint density at radius 1 is 1.29 bits per heavy atom. The van der Waals surface area contributed by atoms with Crippen molar-refractivity contribution >= 4 is 17.4 Å². The maximum atomic E-state index is 9.01. The van der Waals surface area contributed by atoms with Crippen LogP contribution in [0.2, 0.25) is 0 Å². The summed E-state index contributed by atoms with van der Waals surface area (Å²) >= 11 is 1.36. The average Bonchev–Trinajstić information content (AvgIpc) is 2.34. The van der Waals surface area contributed by atoms with Gasteiger partial charge in [-0.1, -0.05) is 0 Å². The number of aromatic nitrogens is 2. The molecule has 0 saturated carbocycles. The van der Waals surface area contributed by atoms with Crippen molar-refractivity contribution in [3.63, 3.8) is 0 Å². The summed E-state index contributed by atoms with van der Waals surface area (Å²) in [5.41, 5.74) is 7.75. The molecule has 0 aliphatic carbocycles. The topological polar surface area (TPSA) is 75.6 Å². The number of benzene rings is 1. The van der Waals surface area contributed by atoms with E-state index >= 15 is 0 Å². The molecule has 0 saturated heterocycles. The number of hydrogen-bond donors (Lipinski definition) is 1. The van der Waals surface area contributed by atoms with Crippen LogP contribution in [0.5, 0.6) is 0 Å². The Morgan fingerprint density at radius 3 is 2.65 bits per heavy atom. The molecule has 2 N–H and O–H groups in total. The van der Waals surface area contributed by atoms with Gasteiger partial charge in [-0.25, -0.2) is 9.97 Å². The first kappa shape index (κ1) is 11.4. The highest BCUT2D eigenvalue weighted by Crippen LogP contribution is 2.28. The van der Waals surface area contributed by atoms with Gasteiger partial charge in [0.25, 0.3) is 0 Å². The van der Waals surface area contributed by atoms with Gasteiger partial charge in [0.05, 0.1) is 5.56 Å². The van der Waals surface area contributed by atoms with Crippen molar-refractivity contribution < 1.29 is 0 Å². The molecule has 0 bridgehead atoms. The Kier molecular flexibility index (Phi) is 3.26. The zero-order valence-electron chi connectivity index (χ0n) is 9.21. The van der Waals surface area contributed by atoms with E-state index in [0.717, 1.165) is 10.5 Å². The van der Waals surface area contributed by atoms with E-state index in [4.69, 9.17) is 11.0 Å². The quantitative estimate of drug-likeness (QED) is 0.646. The molecule has 0 atom stereocenters. The van der Waals surface area contributed by atoms with Crippen molar-refractivity contribution in [1.29, 1.82) is 5.26 Å². The molecule has 0 aliphatic heterocycles. The Balaban J connectivity index is 2.30. The van der Waals surface area contributed by atoms with Crippen LogP contribution < -0.4 is 5.73 Å². The Labute approximate surface area is 104 Å². The summed E-state index contributed by atoms with van der Waals surface area (Å²) in [4.78, 5) is 9.18. The lowest BCUT2D eigenvalue weighted by molar-refractivity contribution is 0.950. The highest BCUT2D eigenvalue weighted by atomic mass is 32.2. The van der Waals surface area contributed by atoms with Crippen LogP contribution in [0.4, 0.5) is 5.69 Å². The van der Waals surface area contributed by atoms with Crippen molar-refractivity contribution in [2.24, 2.45) is 0 Å². The van der Waals surface area contributed by atoms with Crippen LogP contribution in [-0.2, 0) is 0 Å². The van der Waals surface area contributed by atoms with Gasteiger partial charge in [0.15, 0.2) is 5.16 Å². The SMILES string of the molecule is Cc1cnc(Sc2ccc(N)cc2C#N)nc1. The lowest BCUT2D eigenvalue weighted by atomic mass is 10.2. The second-order valence-electron chi connectivity index (χ2n) is 3.51. The molecule has 84 valence electrons. The smallest absolute Gasteiger partial charge is 0.192 e. The maximum absolute atomic E-state index is 9.01. The second-order valence-corrected chi connectivity index (χ2v) is 4.52. The number of rotatable bonds is 2. The second kappa shape index (κ2) is 4.85. The predicted molar refractivity (Wildman–Crippen MR) is 66.5 cm³/mol. The monoisotopic (exact) mass is 242 g/mol. The third-order valence-corrected chi connectivity index (χ3v) is 3.05. The number of anilines is 1. The minimum absolute atomic E-state index is 0.541. The van der Waals surface area contributed by atoms with Gasteiger partial charge in [-0.05, 0) is 42.4 Å². The van der Waals surface area contributed by atoms with Crippen LogP contribution in [0.25, 0.3) is 0 Å². The minimum Gasteiger partial charge on any atom is -0.399 e. The van der Waals surface area contributed by atoms with Crippen molar-refractivity contribution in [2.75, 3.05) is 5.73 Å². The Morgan fingerprint density at radius 2 is 2.00 bits per heavy atom. The van der Waals surface area contributed by atoms with E-state index in [2.05, 4.69) is 16.0 Å². The van der Waals surface area contributed by atoms with Crippen molar-refractivity contribution in [3.8, 4) is 6.07 Å². The van der Waals surface area contributed by atoms with E-state index in [1.807, 2.05) is 13.0 Å². The largest absolute Gasteiger partial charge is 0.399 e. The lowest BCUT2D eigenvalue weighted by Crippen LogP contribution is -1.90. The molecule has 4 nitrogen and oxygen atoms in total. The van der Waals surface area contributed by atoms with Gasteiger partial charge in [-0.15, -0.1) is 0 Å². The molecule has 2 rings (SSSR count). The van der Waals surface area contributed by atoms with Gasteiger partial charge >= 0.3 is 0 Å². The first-order valence-corrected chi connectivity index (χ1v) is 5.77. The number of nitrogens with two attached hydrogens (primary N) is 1. The zero-order valence-corrected chi connectivity index (χ0v) is 10.0. The molecule has 0 aliphatic rings. The number of nitrogens with zero attached hydrogens (tertiary/aromatic N) is 3. The summed E-state index contributed by atoms with van der Waals surface area (Å²) < 4.78 is 0. The molecule has 1 aromatic carbocycles. The van der Waals surface area contributed by atoms with Gasteiger partial charge in [0.2, 0.25) is 0 Å². The van der Waals surface area contributed by atoms with E-state index in [9.17, 15) is 0 Å². The van der Waals surface area contributed by atoms with Crippen LogP contribution in [0, 0.1) is 18.3 Å². The van der Waals surface area contributed by atoms with Gasteiger partial charge in [-0.2, -0.15) is 5.26 Å². The maximum Gasteiger partial charge on any atom is 0.192 e. The third kappa shape index (κ3) is 2.74. The van der Waals surface area contributed by atoms with Crippen molar-refractivity contribution in [3.05, 3.63) is 41.7 Å². The summed E-state index contributed by atoms with van der Waals surface area (Å²) in [5, 5.41) is 9.63. The summed E-state index contributed by atoms with van der Waals surface area (Å²) in [6, 6.07) is 7.33. The molecule has 0 amide bonds. The molecule has 1 aromatic heterocycles. The van der Waals surface area contributed by atoms with E-state index < -0.39 is 0 Å². The fraction of sp³-hybridized carbons (Fsp3) is 0.0833. The van der Waals surface area contributed by atoms with Crippen LogP contribution in [0.15, 0.2) is 40.6 Å². The first-order valence-electron chi connectivity index (χ1n) is 4.95. The summed E-state index contributed by atoms with van der Waals surface area (Å²) in [5.74, 6) is 0. The molecule has 0 spiro atoms. The average molecular weight is 242 g/mol.